The Morgan fingerprint density at radius 2 is 1.86 bits per heavy atom. The van der Waals surface area contributed by atoms with Crippen LogP contribution in [0.1, 0.15) is 62.7 Å². The van der Waals surface area contributed by atoms with Gasteiger partial charge in [-0.15, -0.1) is 0 Å². The Labute approximate surface area is 129 Å². The van der Waals surface area contributed by atoms with Crippen LogP contribution in [-0.2, 0) is 0 Å². The van der Waals surface area contributed by atoms with Gasteiger partial charge in [0.1, 0.15) is 0 Å². The van der Waals surface area contributed by atoms with Gasteiger partial charge in [0.2, 0.25) is 0 Å². The van der Waals surface area contributed by atoms with Crippen LogP contribution in [0.25, 0.3) is 10.9 Å². The number of benzene rings is 1. The number of rotatable bonds is 8. The van der Waals surface area contributed by atoms with Crippen LogP contribution < -0.4 is 5.32 Å². The van der Waals surface area contributed by atoms with Crippen LogP contribution >= 0.6 is 0 Å². The smallest absolute Gasteiger partial charge is 0.0708 e. The summed E-state index contributed by atoms with van der Waals surface area (Å²) in [6, 6.07) is 11.2. The maximum Gasteiger partial charge on any atom is 0.0708 e. The molecule has 2 aromatic rings. The van der Waals surface area contributed by atoms with E-state index in [2.05, 4.69) is 61.5 Å². The molecule has 1 aromatic carbocycles. The monoisotopic (exact) mass is 284 g/mol. The average molecular weight is 284 g/mol. The Morgan fingerprint density at radius 3 is 2.62 bits per heavy atom. The molecule has 0 saturated carbocycles. The standard InChI is InChI=1S/C19H28N2/c1-4-5-6-7-8-12-18(20-3)17-14-15(2)21-19-13-10-9-11-16(17)19/h9-11,13-14,18,20H,4-8,12H2,1-3H3. The van der Waals surface area contributed by atoms with Crippen LogP contribution in [0, 0.1) is 6.92 Å². The van der Waals surface area contributed by atoms with E-state index in [1.165, 1.54) is 49.5 Å². The van der Waals surface area contributed by atoms with Crippen molar-refractivity contribution in [3.8, 4) is 0 Å². The minimum atomic E-state index is 0.429. The minimum absolute atomic E-state index is 0.429. The first-order valence-corrected chi connectivity index (χ1v) is 8.29. The molecule has 0 aliphatic rings. The lowest BCUT2D eigenvalue weighted by Gasteiger charge is -2.19. The summed E-state index contributed by atoms with van der Waals surface area (Å²) < 4.78 is 0. The largest absolute Gasteiger partial charge is 0.313 e. The summed E-state index contributed by atoms with van der Waals surface area (Å²) in [5.74, 6) is 0. The topological polar surface area (TPSA) is 24.9 Å². The third-order valence-electron chi connectivity index (χ3n) is 4.20. The molecule has 1 aromatic heterocycles. The van der Waals surface area contributed by atoms with Crippen molar-refractivity contribution in [2.75, 3.05) is 7.05 Å². The Hall–Kier alpha value is -1.41. The molecule has 0 bridgehead atoms. The number of unbranched alkanes of at least 4 members (excludes halogenated alkanes) is 4. The Balaban J connectivity index is 2.14. The number of fused-ring (bicyclic) bond motifs is 1. The van der Waals surface area contributed by atoms with Crippen molar-refractivity contribution in [1.82, 2.24) is 10.3 Å². The molecule has 0 spiro atoms. The number of aromatic nitrogens is 1. The molecule has 0 saturated heterocycles. The summed E-state index contributed by atoms with van der Waals surface area (Å²) in [5.41, 5.74) is 3.62. The molecule has 114 valence electrons. The van der Waals surface area contributed by atoms with E-state index in [1.54, 1.807) is 0 Å². The summed E-state index contributed by atoms with van der Waals surface area (Å²) in [4.78, 5) is 4.65. The van der Waals surface area contributed by atoms with E-state index in [1.807, 2.05) is 0 Å². The van der Waals surface area contributed by atoms with Gasteiger partial charge >= 0.3 is 0 Å². The fourth-order valence-corrected chi connectivity index (χ4v) is 3.04. The molecule has 2 heteroatoms. The first kappa shape index (κ1) is 16.0. The number of hydrogen-bond donors (Lipinski definition) is 1. The molecule has 0 aliphatic carbocycles. The van der Waals surface area contributed by atoms with Gasteiger partial charge in [-0.3, -0.25) is 4.98 Å². The van der Waals surface area contributed by atoms with Gasteiger partial charge in [0.15, 0.2) is 0 Å². The molecule has 0 aliphatic heterocycles. The van der Waals surface area contributed by atoms with Crippen molar-refractivity contribution in [2.24, 2.45) is 0 Å². The minimum Gasteiger partial charge on any atom is -0.313 e. The van der Waals surface area contributed by atoms with Crippen molar-refractivity contribution in [3.05, 3.63) is 41.6 Å². The highest BCUT2D eigenvalue weighted by atomic mass is 14.9. The summed E-state index contributed by atoms with van der Waals surface area (Å²) in [6.07, 6.45) is 7.87. The van der Waals surface area contributed by atoms with E-state index >= 15 is 0 Å². The number of para-hydroxylation sites is 1. The first-order chi connectivity index (χ1) is 10.3. The van der Waals surface area contributed by atoms with E-state index in [9.17, 15) is 0 Å². The van der Waals surface area contributed by atoms with Gasteiger partial charge in [0, 0.05) is 17.1 Å². The first-order valence-electron chi connectivity index (χ1n) is 8.29. The number of pyridine rings is 1. The maximum absolute atomic E-state index is 4.65. The Bertz CT molecular complexity index is 562. The highest BCUT2D eigenvalue weighted by molar-refractivity contribution is 5.82. The molecule has 1 atom stereocenters. The van der Waals surface area contributed by atoms with Crippen molar-refractivity contribution in [2.45, 2.75) is 58.4 Å². The van der Waals surface area contributed by atoms with Crippen molar-refractivity contribution in [1.29, 1.82) is 0 Å². The molecule has 1 N–H and O–H groups in total. The normalized spacial score (nSPS) is 12.7. The number of aryl methyl sites for hydroxylation is 1. The van der Waals surface area contributed by atoms with Crippen LogP contribution in [-0.4, -0.2) is 12.0 Å². The lowest BCUT2D eigenvalue weighted by atomic mass is 9.96. The van der Waals surface area contributed by atoms with Crippen molar-refractivity contribution in [3.63, 3.8) is 0 Å². The van der Waals surface area contributed by atoms with E-state index in [-0.39, 0.29) is 0 Å². The quantitative estimate of drug-likeness (QED) is 0.677. The van der Waals surface area contributed by atoms with E-state index < -0.39 is 0 Å². The lowest BCUT2D eigenvalue weighted by molar-refractivity contribution is 0.503. The predicted octanol–water partition coefficient (Wildman–Crippen LogP) is 5.16. The average Bonchev–Trinajstić information content (AvgIpc) is 2.50. The van der Waals surface area contributed by atoms with Crippen LogP contribution in [0.5, 0.6) is 0 Å². The second-order valence-electron chi connectivity index (χ2n) is 5.91. The summed E-state index contributed by atoms with van der Waals surface area (Å²) in [6.45, 7) is 4.35. The molecular formula is C19H28N2. The van der Waals surface area contributed by atoms with Crippen LogP contribution in [0.2, 0.25) is 0 Å². The number of nitrogens with zero attached hydrogens (tertiary/aromatic N) is 1. The Kier molecular flexibility index (Phi) is 6.19. The fraction of sp³-hybridized carbons (Fsp3) is 0.526. The molecular weight excluding hydrogens is 256 g/mol. The van der Waals surface area contributed by atoms with Gasteiger partial charge in [-0.2, -0.15) is 0 Å². The third kappa shape index (κ3) is 4.28. The summed E-state index contributed by atoms with van der Waals surface area (Å²) in [5, 5.41) is 4.79. The SMILES string of the molecule is CCCCCCCC(NC)c1cc(C)nc2ccccc12. The van der Waals surface area contributed by atoms with Gasteiger partial charge in [-0.1, -0.05) is 57.2 Å². The van der Waals surface area contributed by atoms with E-state index in [0.29, 0.717) is 6.04 Å². The zero-order chi connectivity index (χ0) is 15.1. The zero-order valence-corrected chi connectivity index (χ0v) is 13.7. The lowest BCUT2D eigenvalue weighted by Crippen LogP contribution is -2.17. The van der Waals surface area contributed by atoms with E-state index in [0.717, 1.165) is 11.2 Å². The van der Waals surface area contributed by atoms with Gasteiger partial charge in [-0.25, -0.2) is 0 Å². The van der Waals surface area contributed by atoms with Gasteiger partial charge in [-0.05, 0) is 38.1 Å². The van der Waals surface area contributed by atoms with Crippen LogP contribution in [0.4, 0.5) is 0 Å². The molecule has 1 unspecified atom stereocenters. The van der Waals surface area contributed by atoms with Gasteiger partial charge in [0.25, 0.3) is 0 Å². The van der Waals surface area contributed by atoms with Crippen molar-refractivity contribution < 1.29 is 0 Å². The molecule has 0 fully saturated rings. The highest BCUT2D eigenvalue weighted by Crippen LogP contribution is 2.27. The molecule has 2 nitrogen and oxygen atoms in total. The Morgan fingerprint density at radius 1 is 1.10 bits per heavy atom. The third-order valence-corrected chi connectivity index (χ3v) is 4.20. The molecule has 0 radical (unpaired) electrons. The molecule has 1 heterocycles. The van der Waals surface area contributed by atoms with Gasteiger partial charge in [0.05, 0.1) is 5.52 Å². The van der Waals surface area contributed by atoms with Crippen LogP contribution in [0.3, 0.4) is 0 Å². The van der Waals surface area contributed by atoms with Crippen molar-refractivity contribution >= 4 is 10.9 Å². The number of hydrogen-bond acceptors (Lipinski definition) is 2. The summed E-state index contributed by atoms with van der Waals surface area (Å²) >= 11 is 0. The second-order valence-corrected chi connectivity index (χ2v) is 5.91. The molecule has 21 heavy (non-hydrogen) atoms. The zero-order valence-electron chi connectivity index (χ0n) is 13.7. The second kappa shape index (κ2) is 8.14. The molecule has 0 amide bonds. The van der Waals surface area contributed by atoms with E-state index in [4.69, 9.17) is 0 Å². The molecule has 2 rings (SSSR count). The maximum atomic E-state index is 4.65. The highest BCUT2D eigenvalue weighted by Gasteiger charge is 2.13. The number of nitrogens with one attached hydrogen (secondary N) is 1. The fourth-order valence-electron chi connectivity index (χ4n) is 3.04. The van der Waals surface area contributed by atoms with Gasteiger partial charge < -0.3 is 5.32 Å². The van der Waals surface area contributed by atoms with Crippen LogP contribution in [0.15, 0.2) is 30.3 Å². The summed E-state index contributed by atoms with van der Waals surface area (Å²) in [7, 11) is 2.07. The predicted molar refractivity (Wildman–Crippen MR) is 91.7 cm³/mol.